The molecule has 6 nitrogen and oxygen atoms in total. The van der Waals surface area contributed by atoms with Gasteiger partial charge in [0, 0.05) is 24.7 Å². The second-order valence-corrected chi connectivity index (χ2v) is 8.78. The number of hydrogen-bond acceptors (Lipinski definition) is 5. The lowest BCUT2D eigenvalue weighted by Crippen LogP contribution is -2.43. The number of fused-ring (bicyclic) bond motifs is 3. The van der Waals surface area contributed by atoms with Crippen LogP contribution in [0.2, 0.25) is 5.02 Å². The Morgan fingerprint density at radius 1 is 1.19 bits per heavy atom. The molecule has 1 aliphatic carbocycles. The number of nitrogens with zero attached hydrogens (tertiary/aromatic N) is 3. The van der Waals surface area contributed by atoms with Crippen molar-refractivity contribution in [3.8, 4) is 6.07 Å². The number of carboxylic acids is 1. The molecule has 31 heavy (non-hydrogen) atoms. The smallest absolute Gasteiger partial charge is 0.335 e. The Labute approximate surface area is 185 Å². The molecular weight excluding hydrogens is 414 g/mol. The van der Waals surface area contributed by atoms with E-state index in [1.807, 2.05) is 18.2 Å². The van der Waals surface area contributed by atoms with Gasteiger partial charge in [0.15, 0.2) is 0 Å². The Balaban J connectivity index is 1.58. The molecule has 2 atom stereocenters. The van der Waals surface area contributed by atoms with Crippen LogP contribution < -0.4 is 5.01 Å². The fourth-order valence-corrected chi connectivity index (χ4v) is 5.41. The molecule has 2 aromatic rings. The number of nitriles is 1. The average Bonchev–Trinajstić information content (AvgIpc) is 3.19. The summed E-state index contributed by atoms with van der Waals surface area (Å²) in [6.07, 6.45) is 3.73. The van der Waals surface area contributed by atoms with Crippen molar-refractivity contribution in [3.63, 3.8) is 0 Å². The highest BCUT2D eigenvalue weighted by molar-refractivity contribution is 6.32. The van der Waals surface area contributed by atoms with Gasteiger partial charge in [0.2, 0.25) is 0 Å². The summed E-state index contributed by atoms with van der Waals surface area (Å²) in [5.74, 6) is -0.206. The number of carboxylic acid groups (broad SMARTS) is 1. The van der Waals surface area contributed by atoms with Crippen molar-refractivity contribution < 1.29 is 14.6 Å². The summed E-state index contributed by atoms with van der Waals surface area (Å²) < 4.78 is 5.61. The van der Waals surface area contributed by atoms with Gasteiger partial charge in [-0.2, -0.15) is 10.4 Å². The molecule has 0 unspecified atom stereocenters. The normalized spacial score (nSPS) is 23.0. The van der Waals surface area contributed by atoms with Crippen LogP contribution in [0.25, 0.3) is 0 Å². The van der Waals surface area contributed by atoms with Crippen LogP contribution in [0, 0.1) is 23.2 Å². The van der Waals surface area contributed by atoms with E-state index in [4.69, 9.17) is 21.4 Å². The summed E-state index contributed by atoms with van der Waals surface area (Å²) >= 11 is 6.35. The van der Waals surface area contributed by atoms with Crippen molar-refractivity contribution in [2.75, 3.05) is 18.2 Å². The van der Waals surface area contributed by atoms with Crippen LogP contribution in [-0.2, 0) is 11.2 Å². The summed E-state index contributed by atoms with van der Waals surface area (Å²) in [7, 11) is 0. The minimum atomic E-state index is -0.910. The van der Waals surface area contributed by atoms with E-state index in [-0.39, 0.29) is 12.0 Å². The third-order valence-electron chi connectivity index (χ3n) is 6.70. The summed E-state index contributed by atoms with van der Waals surface area (Å²) in [6, 6.07) is 13.1. The van der Waals surface area contributed by atoms with Crippen molar-refractivity contribution in [1.82, 2.24) is 0 Å². The molecule has 2 aliphatic heterocycles. The number of halogens is 1. The summed E-state index contributed by atoms with van der Waals surface area (Å²) in [5, 5.41) is 26.2. The van der Waals surface area contributed by atoms with Gasteiger partial charge in [-0.15, -0.1) is 0 Å². The zero-order valence-corrected chi connectivity index (χ0v) is 17.7. The van der Waals surface area contributed by atoms with Crippen LogP contribution in [0.1, 0.15) is 46.3 Å². The Hall–Kier alpha value is -2.88. The standard InChI is InChI=1S/C24H22ClN3O3/c25-21-12-18(4-1-17(21)13-26)28-23(14-7-9-31-10-8-14)20-6-2-15-11-16(24(29)30)3-5-19(15)22(20)27-28/h1,3-5,11-12,14,20,23H,2,6-10H2,(H,29,30)/t20-,23-/m0/s1. The monoisotopic (exact) mass is 435 g/mol. The zero-order valence-electron chi connectivity index (χ0n) is 16.9. The molecule has 0 spiro atoms. The van der Waals surface area contributed by atoms with E-state index in [1.54, 1.807) is 18.2 Å². The van der Waals surface area contributed by atoms with E-state index in [0.29, 0.717) is 22.1 Å². The summed E-state index contributed by atoms with van der Waals surface area (Å²) in [5.41, 5.74) is 4.75. The van der Waals surface area contributed by atoms with Crippen molar-refractivity contribution in [3.05, 3.63) is 63.7 Å². The lowest BCUT2D eigenvalue weighted by atomic mass is 9.73. The van der Waals surface area contributed by atoms with Crippen molar-refractivity contribution >= 4 is 29.0 Å². The Kier molecular flexibility index (Phi) is 5.17. The Morgan fingerprint density at radius 2 is 2.00 bits per heavy atom. The highest BCUT2D eigenvalue weighted by Crippen LogP contribution is 2.43. The van der Waals surface area contributed by atoms with Crippen LogP contribution in [0.15, 0.2) is 41.5 Å². The minimum Gasteiger partial charge on any atom is -0.478 e. The van der Waals surface area contributed by atoms with Crippen LogP contribution >= 0.6 is 11.6 Å². The quantitative estimate of drug-likeness (QED) is 0.767. The minimum absolute atomic E-state index is 0.190. The van der Waals surface area contributed by atoms with Gasteiger partial charge in [0.05, 0.1) is 33.6 Å². The third kappa shape index (κ3) is 3.48. The Morgan fingerprint density at radius 3 is 2.71 bits per heavy atom. The van der Waals surface area contributed by atoms with Crippen LogP contribution in [0.4, 0.5) is 5.69 Å². The lowest BCUT2D eigenvalue weighted by molar-refractivity contribution is 0.0543. The average molecular weight is 436 g/mol. The first-order chi connectivity index (χ1) is 15.1. The molecule has 1 N–H and O–H groups in total. The van der Waals surface area contributed by atoms with E-state index in [2.05, 4.69) is 11.1 Å². The van der Waals surface area contributed by atoms with Crippen LogP contribution in [-0.4, -0.2) is 36.0 Å². The molecule has 7 heteroatoms. The molecule has 0 amide bonds. The van der Waals surface area contributed by atoms with Gasteiger partial charge < -0.3 is 9.84 Å². The van der Waals surface area contributed by atoms with Gasteiger partial charge in [0.25, 0.3) is 0 Å². The molecule has 3 aliphatic rings. The Bertz CT molecular complexity index is 1120. The largest absolute Gasteiger partial charge is 0.478 e. The number of anilines is 1. The number of carbonyl (C=O) groups is 1. The molecule has 2 aromatic carbocycles. The third-order valence-corrected chi connectivity index (χ3v) is 7.01. The van der Waals surface area contributed by atoms with Crippen molar-refractivity contribution in [2.45, 2.75) is 31.7 Å². The number of ether oxygens (including phenoxy) is 1. The first-order valence-corrected chi connectivity index (χ1v) is 11.0. The van der Waals surface area contributed by atoms with E-state index < -0.39 is 5.97 Å². The molecule has 0 radical (unpaired) electrons. The second kappa shape index (κ2) is 7.99. The van der Waals surface area contributed by atoms with E-state index in [1.165, 1.54) is 0 Å². The predicted molar refractivity (Wildman–Crippen MR) is 118 cm³/mol. The molecule has 5 rings (SSSR count). The number of benzene rings is 2. The molecule has 0 saturated carbocycles. The van der Waals surface area contributed by atoms with Gasteiger partial charge in [-0.05, 0) is 67.5 Å². The zero-order chi connectivity index (χ0) is 21.5. The fraction of sp³-hybridized carbons (Fsp3) is 0.375. The predicted octanol–water partition coefficient (Wildman–Crippen LogP) is 4.49. The first kappa shape index (κ1) is 20.0. The van der Waals surface area contributed by atoms with Gasteiger partial charge in [-0.3, -0.25) is 5.01 Å². The maximum absolute atomic E-state index is 11.4. The maximum atomic E-state index is 11.4. The van der Waals surface area contributed by atoms with Gasteiger partial charge >= 0.3 is 5.97 Å². The SMILES string of the molecule is N#Cc1ccc(N2N=C3c4ccc(C(=O)O)cc4CC[C@@H]3[C@@H]2C2CCOCC2)cc1Cl. The highest BCUT2D eigenvalue weighted by atomic mass is 35.5. The first-order valence-electron chi connectivity index (χ1n) is 10.6. The number of hydrazone groups is 1. The lowest BCUT2D eigenvalue weighted by Gasteiger charge is -2.37. The number of aromatic carboxylic acids is 1. The van der Waals surface area contributed by atoms with Crippen molar-refractivity contribution in [1.29, 1.82) is 5.26 Å². The molecule has 1 saturated heterocycles. The van der Waals surface area contributed by atoms with Crippen molar-refractivity contribution in [2.24, 2.45) is 16.9 Å². The number of hydrogen-bond donors (Lipinski definition) is 1. The van der Waals surface area contributed by atoms with Gasteiger partial charge in [0.1, 0.15) is 6.07 Å². The van der Waals surface area contributed by atoms with Crippen LogP contribution in [0.3, 0.4) is 0 Å². The van der Waals surface area contributed by atoms with Gasteiger partial charge in [-0.25, -0.2) is 4.79 Å². The van der Waals surface area contributed by atoms with Crippen LogP contribution in [0.5, 0.6) is 0 Å². The van der Waals surface area contributed by atoms with E-state index >= 15 is 0 Å². The van der Waals surface area contributed by atoms with E-state index in [9.17, 15) is 15.2 Å². The number of aryl methyl sites for hydroxylation is 1. The highest BCUT2D eigenvalue weighted by Gasteiger charge is 2.45. The maximum Gasteiger partial charge on any atom is 0.335 e. The second-order valence-electron chi connectivity index (χ2n) is 8.37. The fourth-order valence-electron chi connectivity index (χ4n) is 5.20. The summed E-state index contributed by atoms with van der Waals surface area (Å²) in [6.45, 7) is 1.51. The molecule has 0 aromatic heterocycles. The molecule has 158 valence electrons. The molecular formula is C24H22ClN3O3. The van der Waals surface area contributed by atoms with E-state index in [0.717, 1.165) is 61.4 Å². The van der Waals surface area contributed by atoms with Gasteiger partial charge in [-0.1, -0.05) is 17.7 Å². The molecule has 2 heterocycles. The topological polar surface area (TPSA) is 85.9 Å². The summed E-state index contributed by atoms with van der Waals surface area (Å²) in [4.78, 5) is 11.4. The molecule has 0 bridgehead atoms. The number of rotatable bonds is 3. The molecule has 1 fully saturated rings.